The monoisotopic (exact) mass is 411 g/mol. The second-order valence-electron chi connectivity index (χ2n) is 6.50. The molecule has 3 aromatic rings. The van der Waals surface area contributed by atoms with Gasteiger partial charge in [0.1, 0.15) is 0 Å². The van der Waals surface area contributed by atoms with E-state index in [1.54, 1.807) is 18.2 Å². The van der Waals surface area contributed by atoms with E-state index in [4.69, 9.17) is 21.1 Å². The number of halogens is 1. The number of rotatable bonds is 6. The summed E-state index contributed by atoms with van der Waals surface area (Å²) in [6.07, 6.45) is 0.140. The molecule has 1 aliphatic heterocycles. The van der Waals surface area contributed by atoms with E-state index in [9.17, 15) is 9.59 Å². The lowest BCUT2D eigenvalue weighted by atomic mass is 10.1. The maximum absolute atomic E-state index is 12.2. The third-order valence-corrected chi connectivity index (χ3v) is 4.74. The summed E-state index contributed by atoms with van der Waals surface area (Å²) >= 11 is 5.91. The van der Waals surface area contributed by atoms with Crippen molar-refractivity contribution >= 4 is 17.5 Å². The highest BCUT2D eigenvalue weighted by atomic mass is 35.5. The van der Waals surface area contributed by atoms with E-state index >= 15 is 0 Å². The molecule has 1 N–H and O–H groups in total. The molecule has 2 aromatic carbocycles. The van der Waals surface area contributed by atoms with E-state index in [0.717, 1.165) is 11.1 Å². The fraction of sp³-hybridized carbons (Fsp3) is 0.190. The zero-order chi connectivity index (χ0) is 20.2. The Morgan fingerprint density at radius 1 is 1.07 bits per heavy atom. The van der Waals surface area contributed by atoms with Gasteiger partial charge in [0.15, 0.2) is 11.5 Å². The average Bonchev–Trinajstić information content (AvgIpc) is 3.20. The van der Waals surface area contributed by atoms with Crippen molar-refractivity contribution in [3.8, 4) is 22.8 Å². The van der Waals surface area contributed by atoms with Crippen LogP contribution < -0.4 is 20.3 Å². The molecule has 0 atom stereocenters. The SMILES string of the molecule is O=C(CCn1nc(-c2ccc(Cl)cc2)ccc1=O)NCc1ccc2c(c1)OCO2. The average molecular weight is 412 g/mol. The molecule has 1 aromatic heterocycles. The van der Waals surface area contributed by atoms with Crippen molar-refractivity contribution in [3.05, 3.63) is 75.5 Å². The van der Waals surface area contributed by atoms with Crippen LogP contribution in [0.5, 0.6) is 11.5 Å². The zero-order valence-electron chi connectivity index (χ0n) is 15.4. The number of aromatic nitrogens is 2. The Balaban J connectivity index is 1.35. The van der Waals surface area contributed by atoms with Gasteiger partial charge in [-0.2, -0.15) is 5.10 Å². The first-order chi connectivity index (χ1) is 14.1. The van der Waals surface area contributed by atoms with Gasteiger partial charge in [-0.25, -0.2) is 4.68 Å². The summed E-state index contributed by atoms with van der Waals surface area (Å²) in [7, 11) is 0. The van der Waals surface area contributed by atoms with Crippen LogP contribution in [-0.2, 0) is 17.9 Å². The number of carbonyl (C=O) groups excluding carboxylic acids is 1. The molecule has 0 saturated carbocycles. The molecule has 0 radical (unpaired) electrons. The van der Waals surface area contributed by atoms with Crippen molar-refractivity contribution in [3.63, 3.8) is 0 Å². The number of hydrogen-bond acceptors (Lipinski definition) is 5. The quantitative estimate of drug-likeness (QED) is 0.674. The highest BCUT2D eigenvalue weighted by Crippen LogP contribution is 2.32. The maximum atomic E-state index is 12.2. The Morgan fingerprint density at radius 2 is 1.86 bits per heavy atom. The first-order valence-electron chi connectivity index (χ1n) is 9.08. The normalized spacial score (nSPS) is 12.0. The fourth-order valence-corrected chi connectivity index (χ4v) is 3.06. The Bertz CT molecular complexity index is 1100. The number of hydrogen-bond donors (Lipinski definition) is 1. The highest BCUT2D eigenvalue weighted by Gasteiger charge is 2.13. The maximum Gasteiger partial charge on any atom is 0.266 e. The van der Waals surface area contributed by atoms with E-state index < -0.39 is 0 Å². The van der Waals surface area contributed by atoms with Crippen LogP contribution in [0.1, 0.15) is 12.0 Å². The minimum absolute atomic E-state index is 0.140. The first kappa shape index (κ1) is 19.0. The number of benzene rings is 2. The van der Waals surface area contributed by atoms with Crippen LogP contribution in [0.4, 0.5) is 0 Å². The minimum atomic E-state index is -0.258. The number of carbonyl (C=O) groups is 1. The van der Waals surface area contributed by atoms with E-state index in [0.29, 0.717) is 28.8 Å². The van der Waals surface area contributed by atoms with Crippen molar-refractivity contribution in [1.82, 2.24) is 15.1 Å². The van der Waals surface area contributed by atoms with Crippen molar-refractivity contribution in [1.29, 1.82) is 0 Å². The molecule has 0 saturated heterocycles. The van der Waals surface area contributed by atoms with Crippen molar-refractivity contribution in [2.75, 3.05) is 6.79 Å². The van der Waals surface area contributed by atoms with Gasteiger partial charge in [0, 0.05) is 29.6 Å². The minimum Gasteiger partial charge on any atom is -0.454 e. The summed E-state index contributed by atoms with van der Waals surface area (Å²) in [6, 6.07) is 15.8. The van der Waals surface area contributed by atoms with Crippen LogP contribution in [0.3, 0.4) is 0 Å². The third kappa shape index (κ3) is 4.57. The van der Waals surface area contributed by atoms with Gasteiger partial charge in [-0.3, -0.25) is 9.59 Å². The Labute approximate surface area is 171 Å². The van der Waals surface area contributed by atoms with Crippen LogP contribution in [0.25, 0.3) is 11.3 Å². The summed E-state index contributed by atoms with van der Waals surface area (Å²) in [5, 5.41) is 7.82. The van der Waals surface area contributed by atoms with Gasteiger partial charge in [-0.15, -0.1) is 0 Å². The van der Waals surface area contributed by atoms with Gasteiger partial charge in [-0.1, -0.05) is 29.8 Å². The molecule has 0 fully saturated rings. The highest BCUT2D eigenvalue weighted by molar-refractivity contribution is 6.30. The third-order valence-electron chi connectivity index (χ3n) is 4.48. The lowest BCUT2D eigenvalue weighted by Crippen LogP contribution is -2.28. The molecule has 7 nitrogen and oxygen atoms in total. The van der Waals surface area contributed by atoms with Crippen LogP contribution in [0, 0.1) is 0 Å². The van der Waals surface area contributed by atoms with Gasteiger partial charge >= 0.3 is 0 Å². The molecular formula is C21H18ClN3O4. The fourth-order valence-electron chi connectivity index (χ4n) is 2.93. The Kier molecular flexibility index (Phi) is 5.48. The van der Waals surface area contributed by atoms with Gasteiger partial charge in [0.05, 0.1) is 12.2 Å². The number of ether oxygens (including phenoxy) is 2. The van der Waals surface area contributed by atoms with Gasteiger partial charge in [0.2, 0.25) is 12.7 Å². The second kappa shape index (κ2) is 8.36. The summed E-state index contributed by atoms with van der Waals surface area (Å²) in [5.41, 5.74) is 2.13. The van der Waals surface area contributed by atoms with Crippen molar-refractivity contribution in [2.45, 2.75) is 19.5 Å². The topological polar surface area (TPSA) is 82.5 Å². The van der Waals surface area contributed by atoms with E-state index in [1.807, 2.05) is 30.3 Å². The van der Waals surface area contributed by atoms with Gasteiger partial charge in [0.25, 0.3) is 5.56 Å². The molecule has 1 amide bonds. The lowest BCUT2D eigenvalue weighted by molar-refractivity contribution is -0.121. The zero-order valence-corrected chi connectivity index (χ0v) is 16.2. The molecule has 8 heteroatoms. The van der Waals surface area contributed by atoms with Crippen LogP contribution in [0.2, 0.25) is 5.02 Å². The number of nitrogens with one attached hydrogen (secondary N) is 1. The predicted molar refractivity (Wildman–Crippen MR) is 108 cm³/mol. The number of amides is 1. The van der Waals surface area contributed by atoms with E-state index in [-0.39, 0.29) is 31.2 Å². The Hall–Kier alpha value is -3.32. The first-order valence-corrected chi connectivity index (χ1v) is 9.45. The van der Waals surface area contributed by atoms with Crippen LogP contribution >= 0.6 is 11.6 Å². The molecule has 29 heavy (non-hydrogen) atoms. The number of aryl methyl sites for hydroxylation is 1. The molecule has 0 spiro atoms. The summed E-state index contributed by atoms with van der Waals surface area (Å²) in [6.45, 7) is 0.762. The molecule has 148 valence electrons. The summed E-state index contributed by atoms with van der Waals surface area (Å²) in [5.74, 6) is 1.20. The Morgan fingerprint density at radius 3 is 2.69 bits per heavy atom. The standard InChI is InChI=1S/C21H18ClN3O4/c22-16-4-2-15(3-5-16)17-6-8-21(27)25(24-17)10-9-20(26)23-12-14-1-7-18-19(11-14)29-13-28-18/h1-8,11H,9-10,12-13H2,(H,23,26). The van der Waals surface area contributed by atoms with E-state index in [1.165, 1.54) is 10.7 Å². The molecular weight excluding hydrogens is 394 g/mol. The molecule has 4 rings (SSSR count). The van der Waals surface area contributed by atoms with Gasteiger partial charge < -0.3 is 14.8 Å². The van der Waals surface area contributed by atoms with E-state index in [2.05, 4.69) is 10.4 Å². The lowest BCUT2D eigenvalue weighted by Gasteiger charge is -2.09. The summed E-state index contributed by atoms with van der Waals surface area (Å²) < 4.78 is 11.9. The molecule has 1 aliphatic rings. The van der Waals surface area contributed by atoms with Crippen molar-refractivity contribution in [2.24, 2.45) is 0 Å². The molecule has 2 heterocycles. The predicted octanol–water partition coefficient (Wildman–Crippen LogP) is 3.00. The largest absolute Gasteiger partial charge is 0.454 e. The van der Waals surface area contributed by atoms with Crippen molar-refractivity contribution < 1.29 is 14.3 Å². The van der Waals surface area contributed by atoms with Crippen LogP contribution in [-0.4, -0.2) is 22.5 Å². The molecule has 0 bridgehead atoms. The van der Waals surface area contributed by atoms with Gasteiger partial charge in [-0.05, 0) is 35.9 Å². The number of nitrogens with zero attached hydrogens (tertiary/aromatic N) is 2. The molecule has 0 aliphatic carbocycles. The number of fused-ring (bicyclic) bond motifs is 1. The second-order valence-corrected chi connectivity index (χ2v) is 6.94. The summed E-state index contributed by atoms with van der Waals surface area (Å²) in [4.78, 5) is 24.3. The molecule has 0 unspecified atom stereocenters. The smallest absolute Gasteiger partial charge is 0.266 e. The van der Waals surface area contributed by atoms with Crippen LogP contribution in [0.15, 0.2) is 59.4 Å².